The molecule has 1 amide bonds. The van der Waals surface area contributed by atoms with Gasteiger partial charge in [-0.2, -0.15) is 0 Å². The van der Waals surface area contributed by atoms with Crippen LogP contribution in [0.15, 0.2) is 18.2 Å². The molecule has 2 heterocycles. The predicted molar refractivity (Wildman–Crippen MR) is 87.6 cm³/mol. The van der Waals surface area contributed by atoms with E-state index in [2.05, 4.69) is 0 Å². The third kappa shape index (κ3) is 2.90. The van der Waals surface area contributed by atoms with Gasteiger partial charge in [0.15, 0.2) is 0 Å². The zero-order valence-electron chi connectivity index (χ0n) is 11.3. The lowest BCUT2D eigenvalue weighted by molar-refractivity contribution is 0.0656. The summed E-state index contributed by atoms with van der Waals surface area (Å²) in [6, 6.07) is 5.47. The van der Waals surface area contributed by atoms with E-state index in [1.807, 2.05) is 17.0 Å². The number of thiophene rings is 1. The molecule has 0 saturated carbocycles. The Morgan fingerprint density at radius 2 is 2.05 bits per heavy atom. The Balaban J connectivity index is 1.86. The highest BCUT2D eigenvalue weighted by atomic mass is 35.5. The van der Waals surface area contributed by atoms with Crippen molar-refractivity contribution < 1.29 is 9.90 Å². The monoisotopic (exact) mass is 343 g/mol. The number of halogens is 2. The number of piperidine rings is 1. The van der Waals surface area contributed by atoms with Crippen molar-refractivity contribution in [2.75, 3.05) is 19.7 Å². The minimum atomic E-state index is -0.0197. The van der Waals surface area contributed by atoms with E-state index in [1.54, 1.807) is 6.07 Å². The highest BCUT2D eigenvalue weighted by Gasteiger charge is 2.26. The molecule has 112 valence electrons. The Labute approximate surface area is 137 Å². The van der Waals surface area contributed by atoms with Gasteiger partial charge in [-0.3, -0.25) is 4.79 Å². The Morgan fingerprint density at radius 3 is 2.71 bits per heavy atom. The summed E-state index contributed by atoms with van der Waals surface area (Å²) in [5.74, 6) is 0.291. The molecule has 21 heavy (non-hydrogen) atoms. The van der Waals surface area contributed by atoms with Gasteiger partial charge in [0.2, 0.25) is 0 Å². The van der Waals surface area contributed by atoms with E-state index in [-0.39, 0.29) is 12.5 Å². The highest BCUT2D eigenvalue weighted by molar-refractivity contribution is 7.21. The molecule has 0 radical (unpaired) electrons. The molecule has 1 saturated heterocycles. The molecule has 1 aromatic heterocycles. The first-order chi connectivity index (χ1) is 10.1. The molecule has 0 aliphatic carbocycles. The van der Waals surface area contributed by atoms with Crippen LogP contribution in [-0.2, 0) is 0 Å². The Hall–Kier alpha value is -0.810. The van der Waals surface area contributed by atoms with Crippen LogP contribution in [-0.4, -0.2) is 35.6 Å². The zero-order chi connectivity index (χ0) is 15.0. The summed E-state index contributed by atoms with van der Waals surface area (Å²) in [6.45, 7) is 1.55. The lowest BCUT2D eigenvalue weighted by Gasteiger charge is -2.30. The van der Waals surface area contributed by atoms with Gasteiger partial charge < -0.3 is 10.0 Å². The van der Waals surface area contributed by atoms with Gasteiger partial charge in [0.25, 0.3) is 5.91 Å². The van der Waals surface area contributed by atoms with Crippen molar-refractivity contribution in [1.82, 2.24) is 4.90 Å². The number of carbonyl (C=O) groups is 1. The average molecular weight is 344 g/mol. The Bertz CT molecular complexity index is 678. The fraction of sp³-hybridized carbons (Fsp3) is 0.400. The highest BCUT2D eigenvalue weighted by Crippen LogP contribution is 2.37. The van der Waals surface area contributed by atoms with Crippen molar-refractivity contribution in [2.45, 2.75) is 12.8 Å². The van der Waals surface area contributed by atoms with Gasteiger partial charge in [-0.05, 0) is 30.9 Å². The molecule has 0 unspecified atom stereocenters. The van der Waals surface area contributed by atoms with Crippen LogP contribution in [0.25, 0.3) is 10.1 Å². The second-order valence-corrected chi connectivity index (χ2v) is 7.17. The van der Waals surface area contributed by atoms with Crippen molar-refractivity contribution in [3.8, 4) is 0 Å². The van der Waals surface area contributed by atoms with Crippen LogP contribution in [0.4, 0.5) is 0 Å². The summed E-state index contributed by atoms with van der Waals surface area (Å²) in [5.41, 5.74) is 0. The number of hydrogen-bond donors (Lipinski definition) is 1. The van der Waals surface area contributed by atoms with E-state index in [0.717, 1.165) is 22.9 Å². The molecule has 6 heteroatoms. The number of amides is 1. The summed E-state index contributed by atoms with van der Waals surface area (Å²) in [7, 11) is 0. The van der Waals surface area contributed by atoms with Gasteiger partial charge in [-0.25, -0.2) is 0 Å². The topological polar surface area (TPSA) is 40.5 Å². The van der Waals surface area contributed by atoms with E-state index in [4.69, 9.17) is 28.3 Å². The summed E-state index contributed by atoms with van der Waals surface area (Å²) in [4.78, 5) is 15.0. The first-order valence-corrected chi connectivity index (χ1v) is 8.45. The molecule has 0 atom stereocenters. The maximum absolute atomic E-state index is 12.6. The standard InChI is InChI=1S/C15H15Cl2NO2S/c16-10-1-2-11-12(7-10)21-14(13(11)17)15(20)18-5-3-9(8-19)4-6-18/h1-2,7,9,19H,3-6,8H2. The largest absolute Gasteiger partial charge is 0.396 e. The Kier molecular flexibility index (Phi) is 4.41. The lowest BCUT2D eigenvalue weighted by atomic mass is 9.98. The minimum Gasteiger partial charge on any atom is -0.396 e. The number of hydrogen-bond acceptors (Lipinski definition) is 3. The predicted octanol–water partition coefficient (Wildman–Crippen LogP) is 4.05. The van der Waals surface area contributed by atoms with Crippen LogP contribution < -0.4 is 0 Å². The second-order valence-electron chi connectivity index (χ2n) is 5.30. The molecule has 0 bridgehead atoms. The molecule has 2 aromatic rings. The van der Waals surface area contributed by atoms with Crippen molar-refractivity contribution in [1.29, 1.82) is 0 Å². The average Bonchev–Trinajstić information content (AvgIpc) is 2.83. The number of carbonyl (C=O) groups excluding carboxylic acids is 1. The van der Waals surface area contributed by atoms with Gasteiger partial charge in [-0.1, -0.05) is 29.3 Å². The fourth-order valence-corrected chi connectivity index (χ4v) is 4.39. The smallest absolute Gasteiger partial charge is 0.265 e. The molecule has 1 fully saturated rings. The normalized spacial score (nSPS) is 16.6. The van der Waals surface area contributed by atoms with Gasteiger partial charge in [0.1, 0.15) is 4.88 Å². The van der Waals surface area contributed by atoms with Crippen LogP contribution in [0.3, 0.4) is 0 Å². The zero-order valence-corrected chi connectivity index (χ0v) is 13.6. The minimum absolute atomic E-state index is 0.0197. The maximum Gasteiger partial charge on any atom is 0.265 e. The number of benzene rings is 1. The second kappa shape index (κ2) is 6.13. The summed E-state index contributed by atoms with van der Waals surface area (Å²) in [6.07, 6.45) is 1.69. The SMILES string of the molecule is O=C(c1sc2cc(Cl)ccc2c1Cl)N1CCC(CO)CC1. The molecule has 3 nitrogen and oxygen atoms in total. The molecule has 1 aromatic carbocycles. The number of aliphatic hydroxyl groups excluding tert-OH is 1. The number of likely N-dealkylation sites (tertiary alicyclic amines) is 1. The van der Waals surface area contributed by atoms with E-state index >= 15 is 0 Å². The molecular weight excluding hydrogens is 329 g/mol. The van der Waals surface area contributed by atoms with Crippen molar-refractivity contribution in [3.63, 3.8) is 0 Å². The summed E-state index contributed by atoms with van der Waals surface area (Å²) >= 11 is 13.7. The molecular formula is C15H15Cl2NO2S. The molecule has 1 aliphatic rings. The third-order valence-corrected chi connectivity index (χ3v) is 5.83. The van der Waals surface area contributed by atoms with E-state index in [9.17, 15) is 4.79 Å². The first-order valence-electron chi connectivity index (χ1n) is 6.88. The van der Waals surface area contributed by atoms with Crippen LogP contribution in [0, 0.1) is 5.92 Å². The van der Waals surface area contributed by atoms with Crippen molar-refractivity contribution in [3.05, 3.63) is 33.1 Å². The van der Waals surface area contributed by atoms with Crippen molar-refractivity contribution in [2.24, 2.45) is 5.92 Å². The van der Waals surface area contributed by atoms with Crippen molar-refractivity contribution >= 4 is 50.5 Å². The first kappa shape index (κ1) is 15.1. The van der Waals surface area contributed by atoms with Gasteiger partial charge in [0, 0.05) is 34.8 Å². The molecule has 0 spiro atoms. The third-order valence-electron chi connectivity index (χ3n) is 3.95. The number of nitrogens with zero attached hydrogens (tertiary/aromatic N) is 1. The maximum atomic E-state index is 12.6. The summed E-state index contributed by atoms with van der Waals surface area (Å²) < 4.78 is 0.932. The quantitative estimate of drug-likeness (QED) is 0.893. The molecule has 3 rings (SSSR count). The van der Waals surface area contributed by atoms with Gasteiger partial charge in [0.05, 0.1) is 5.02 Å². The van der Waals surface area contributed by atoms with Gasteiger partial charge >= 0.3 is 0 Å². The summed E-state index contributed by atoms with van der Waals surface area (Å²) in [5, 5.41) is 11.2. The molecule has 1 aliphatic heterocycles. The van der Waals surface area contributed by atoms with E-state index in [0.29, 0.717) is 33.9 Å². The van der Waals surface area contributed by atoms with Crippen LogP contribution in [0.5, 0.6) is 0 Å². The van der Waals surface area contributed by atoms with E-state index in [1.165, 1.54) is 11.3 Å². The van der Waals surface area contributed by atoms with Crippen LogP contribution in [0.1, 0.15) is 22.5 Å². The lowest BCUT2D eigenvalue weighted by Crippen LogP contribution is -2.39. The Morgan fingerprint density at radius 1 is 1.33 bits per heavy atom. The van der Waals surface area contributed by atoms with Crippen LogP contribution in [0.2, 0.25) is 10.0 Å². The van der Waals surface area contributed by atoms with Crippen LogP contribution >= 0.6 is 34.5 Å². The van der Waals surface area contributed by atoms with Gasteiger partial charge in [-0.15, -0.1) is 11.3 Å². The molecule has 1 N–H and O–H groups in total. The van der Waals surface area contributed by atoms with E-state index < -0.39 is 0 Å². The fourth-order valence-electron chi connectivity index (χ4n) is 2.64. The number of fused-ring (bicyclic) bond motifs is 1. The number of rotatable bonds is 2. The number of aliphatic hydroxyl groups is 1.